The third-order valence-electron chi connectivity index (χ3n) is 4.73. The van der Waals surface area contributed by atoms with Crippen molar-refractivity contribution in [3.05, 3.63) is 42.2 Å². The SMILES string of the molecule is C[C@H]1CN(Cc2ccccc2)CCCN1c1nc(N)nc2nc[nH]c12. The second-order valence-electron chi connectivity index (χ2n) is 6.62. The summed E-state index contributed by atoms with van der Waals surface area (Å²) in [6.07, 6.45) is 2.73. The second-order valence-corrected chi connectivity index (χ2v) is 6.62. The van der Waals surface area contributed by atoms with Gasteiger partial charge in [0, 0.05) is 32.2 Å². The minimum Gasteiger partial charge on any atom is -0.368 e. The molecule has 1 aromatic carbocycles. The summed E-state index contributed by atoms with van der Waals surface area (Å²) >= 11 is 0. The van der Waals surface area contributed by atoms with Gasteiger partial charge in [0.15, 0.2) is 11.5 Å². The Morgan fingerprint density at radius 1 is 1.20 bits per heavy atom. The zero-order valence-electron chi connectivity index (χ0n) is 14.4. The molecule has 0 amide bonds. The third kappa shape index (κ3) is 3.28. The van der Waals surface area contributed by atoms with Crippen LogP contribution < -0.4 is 10.6 Å². The average molecular weight is 337 g/mol. The zero-order valence-corrected chi connectivity index (χ0v) is 14.4. The van der Waals surface area contributed by atoms with Crippen molar-refractivity contribution >= 4 is 22.9 Å². The van der Waals surface area contributed by atoms with Crippen LogP contribution in [0.4, 0.5) is 11.8 Å². The van der Waals surface area contributed by atoms with Crippen molar-refractivity contribution in [3.63, 3.8) is 0 Å². The Hall–Kier alpha value is -2.67. The smallest absolute Gasteiger partial charge is 0.224 e. The summed E-state index contributed by atoms with van der Waals surface area (Å²) in [6, 6.07) is 11.0. The van der Waals surface area contributed by atoms with Gasteiger partial charge >= 0.3 is 0 Å². The predicted molar refractivity (Wildman–Crippen MR) is 99.2 cm³/mol. The topological polar surface area (TPSA) is 87.0 Å². The molecule has 3 heterocycles. The molecule has 0 aliphatic carbocycles. The van der Waals surface area contributed by atoms with Crippen molar-refractivity contribution in [2.24, 2.45) is 0 Å². The Bertz CT molecular complexity index is 845. The summed E-state index contributed by atoms with van der Waals surface area (Å²) in [5, 5.41) is 0. The maximum atomic E-state index is 5.89. The fourth-order valence-electron chi connectivity index (χ4n) is 3.59. The van der Waals surface area contributed by atoms with Crippen molar-refractivity contribution in [1.29, 1.82) is 0 Å². The van der Waals surface area contributed by atoms with Crippen molar-refractivity contribution in [2.45, 2.75) is 25.9 Å². The number of aromatic nitrogens is 4. The lowest BCUT2D eigenvalue weighted by Gasteiger charge is -2.30. The van der Waals surface area contributed by atoms with Crippen LogP contribution in [0.3, 0.4) is 0 Å². The molecular weight excluding hydrogens is 314 g/mol. The Morgan fingerprint density at radius 3 is 2.88 bits per heavy atom. The quantitative estimate of drug-likeness (QED) is 0.760. The molecule has 0 spiro atoms. The van der Waals surface area contributed by atoms with Crippen LogP contribution in [-0.4, -0.2) is 50.5 Å². The summed E-state index contributed by atoms with van der Waals surface area (Å²) < 4.78 is 0. The van der Waals surface area contributed by atoms with E-state index in [2.05, 4.69) is 67.0 Å². The number of rotatable bonds is 3. The molecule has 130 valence electrons. The number of aromatic amines is 1. The normalized spacial score (nSPS) is 19.2. The summed E-state index contributed by atoms with van der Waals surface area (Å²) in [5.74, 6) is 1.13. The van der Waals surface area contributed by atoms with E-state index < -0.39 is 0 Å². The van der Waals surface area contributed by atoms with E-state index in [1.165, 1.54) is 5.56 Å². The Balaban J connectivity index is 1.57. The summed E-state index contributed by atoms with van der Waals surface area (Å²) in [7, 11) is 0. The molecule has 1 fully saturated rings. The molecule has 3 N–H and O–H groups in total. The van der Waals surface area contributed by atoms with Crippen molar-refractivity contribution in [2.75, 3.05) is 30.3 Å². The number of nitrogens with one attached hydrogen (secondary N) is 1. The maximum absolute atomic E-state index is 5.89. The minimum absolute atomic E-state index is 0.271. The van der Waals surface area contributed by atoms with Gasteiger partial charge in [-0.25, -0.2) is 4.98 Å². The van der Waals surface area contributed by atoms with E-state index in [1.807, 2.05) is 0 Å². The highest BCUT2D eigenvalue weighted by molar-refractivity contribution is 5.84. The number of fused-ring (bicyclic) bond motifs is 1. The van der Waals surface area contributed by atoms with Gasteiger partial charge in [0.2, 0.25) is 5.95 Å². The van der Waals surface area contributed by atoms with Gasteiger partial charge in [-0.05, 0) is 18.9 Å². The van der Waals surface area contributed by atoms with E-state index >= 15 is 0 Å². The molecule has 1 saturated heterocycles. The first kappa shape index (κ1) is 15.8. The molecule has 1 aliphatic rings. The molecule has 2 aromatic heterocycles. The first-order chi connectivity index (χ1) is 12.2. The fraction of sp³-hybridized carbons (Fsp3) is 0.389. The molecule has 25 heavy (non-hydrogen) atoms. The molecule has 3 aromatic rings. The van der Waals surface area contributed by atoms with Gasteiger partial charge in [-0.15, -0.1) is 0 Å². The minimum atomic E-state index is 0.271. The Labute approximate surface area is 146 Å². The molecule has 1 aliphatic heterocycles. The van der Waals surface area contributed by atoms with Crippen molar-refractivity contribution in [3.8, 4) is 0 Å². The molecule has 4 rings (SSSR count). The highest BCUT2D eigenvalue weighted by atomic mass is 15.3. The van der Waals surface area contributed by atoms with Gasteiger partial charge in [0.1, 0.15) is 5.52 Å². The number of imidazole rings is 1. The Morgan fingerprint density at radius 2 is 2.04 bits per heavy atom. The molecule has 7 heteroatoms. The van der Waals surface area contributed by atoms with E-state index in [-0.39, 0.29) is 5.95 Å². The van der Waals surface area contributed by atoms with Crippen LogP contribution in [0.2, 0.25) is 0 Å². The van der Waals surface area contributed by atoms with E-state index in [4.69, 9.17) is 5.73 Å². The average Bonchev–Trinajstić information content (AvgIpc) is 2.99. The fourth-order valence-corrected chi connectivity index (χ4v) is 3.59. The van der Waals surface area contributed by atoms with Gasteiger partial charge in [-0.1, -0.05) is 30.3 Å². The van der Waals surface area contributed by atoms with Crippen LogP contribution in [-0.2, 0) is 6.54 Å². The predicted octanol–water partition coefficient (Wildman–Crippen LogP) is 2.04. The van der Waals surface area contributed by atoms with E-state index in [0.29, 0.717) is 11.7 Å². The van der Waals surface area contributed by atoms with Crippen LogP contribution in [0.5, 0.6) is 0 Å². The molecule has 0 bridgehead atoms. The van der Waals surface area contributed by atoms with Crippen LogP contribution in [0.1, 0.15) is 18.9 Å². The van der Waals surface area contributed by atoms with Gasteiger partial charge in [-0.3, -0.25) is 4.90 Å². The van der Waals surface area contributed by atoms with Gasteiger partial charge in [-0.2, -0.15) is 9.97 Å². The summed E-state index contributed by atoms with van der Waals surface area (Å²) in [6.45, 7) is 6.21. The van der Waals surface area contributed by atoms with E-state index in [0.717, 1.165) is 43.9 Å². The summed E-state index contributed by atoms with van der Waals surface area (Å²) in [5.41, 5.74) is 8.73. The molecular formula is C18H23N7. The number of H-pyrrole nitrogens is 1. The second kappa shape index (κ2) is 6.68. The van der Waals surface area contributed by atoms with Crippen molar-refractivity contribution in [1.82, 2.24) is 24.8 Å². The first-order valence-corrected chi connectivity index (χ1v) is 8.70. The largest absolute Gasteiger partial charge is 0.368 e. The van der Waals surface area contributed by atoms with Crippen LogP contribution in [0.25, 0.3) is 11.2 Å². The molecule has 1 atom stereocenters. The number of nitrogen functional groups attached to an aromatic ring is 1. The van der Waals surface area contributed by atoms with Crippen LogP contribution >= 0.6 is 0 Å². The number of benzene rings is 1. The number of nitrogens with zero attached hydrogens (tertiary/aromatic N) is 5. The third-order valence-corrected chi connectivity index (χ3v) is 4.73. The lowest BCUT2D eigenvalue weighted by molar-refractivity contribution is 0.268. The highest BCUT2D eigenvalue weighted by Crippen LogP contribution is 2.26. The Kier molecular flexibility index (Phi) is 4.23. The standard InChI is InChI=1S/C18H23N7/c1-13-10-24(11-14-6-3-2-4-7-14)8-5-9-25(13)17-15-16(21-12-20-15)22-18(19)23-17/h2-4,6-7,12-13H,5,8-11H2,1H3,(H3,19,20,21,22,23)/t13-/m0/s1. The molecule has 0 saturated carbocycles. The number of nitrogens with two attached hydrogens (primary N) is 1. The van der Waals surface area contributed by atoms with Gasteiger partial charge < -0.3 is 15.6 Å². The first-order valence-electron chi connectivity index (χ1n) is 8.70. The monoisotopic (exact) mass is 337 g/mol. The summed E-state index contributed by atoms with van der Waals surface area (Å²) in [4.78, 5) is 20.9. The number of hydrogen-bond acceptors (Lipinski definition) is 6. The van der Waals surface area contributed by atoms with Gasteiger partial charge in [0.05, 0.1) is 6.33 Å². The number of anilines is 2. The number of hydrogen-bond donors (Lipinski definition) is 2. The molecule has 0 unspecified atom stereocenters. The van der Waals surface area contributed by atoms with Crippen LogP contribution in [0.15, 0.2) is 36.7 Å². The maximum Gasteiger partial charge on any atom is 0.224 e. The lowest BCUT2D eigenvalue weighted by Crippen LogP contribution is -2.39. The van der Waals surface area contributed by atoms with Gasteiger partial charge in [0.25, 0.3) is 0 Å². The molecule has 0 radical (unpaired) electrons. The lowest BCUT2D eigenvalue weighted by atomic mass is 10.2. The van der Waals surface area contributed by atoms with Crippen LogP contribution in [0, 0.1) is 0 Å². The highest BCUT2D eigenvalue weighted by Gasteiger charge is 2.25. The van der Waals surface area contributed by atoms with E-state index in [9.17, 15) is 0 Å². The molecule has 7 nitrogen and oxygen atoms in total. The van der Waals surface area contributed by atoms with E-state index in [1.54, 1.807) is 6.33 Å². The van der Waals surface area contributed by atoms with Crippen molar-refractivity contribution < 1.29 is 0 Å². The zero-order chi connectivity index (χ0) is 17.2.